The molecule has 1 heterocycles. The standard InChI is InChI=1S/C25H39NO4.C22H37NO3.C22H36O3.C3H4O.4CH4.ClH.H3NO/c1-23(28)10-11-25(15-29-3)16(13-23)4-5-18-19-6-7-21(22-12-17(14-27)30-26-22)24(19,2)9-8-20(18)25;1-20(24)10-11-22(14-26-3)15(12-20)4-6-17-18-7-5-16(13-23-25)21(18,2)9-8-19(17)22;1-20(24)10-11-22(14-25-3)15(12-20)4-6-17-18-7-5-16(13-23)21(18,2)9-8-19(17)22;1-2-3-4;;;;;;1-2/h12,16,18-21,27-28H,4-11,13-15H2,1-3H3;13,15-19,24-25H,4-12,14H2,1-3H3;13,15-19,24H,4-12,14H2,1-3H3;1,4H,3H2;4*1H4;1H;2H,1H2/b;23-13+;;;;;;;;/t16-,18-,19-,20-,21+,23+,24-,25+;2*15-,16+,17-,18-,19-,20+,21+,22+;;;;;;;/m000......./s1. The van der Waals surface area contributed by atoms with Crippen LogP contribution in [0, 0.1) is 128 Å². The molecule has 0 radical (unpaired) electrons. The number of nitrogens with two attached hydrogens (primary N) is 1. The molecule has 0 aliphatic heterocycles. The van der Waals surface area contributed by atoms with E-state index in [-0.39, 0.29) is 88.3 Å². The molecule has 0 amide bonds. The van der Waals surface area contributed by atoms with Crippen molar-refractivity contribution < 1.29 is 59.5 Å². The number of fused-ring (bicyclic) bond motifs is 15. The first-order chi connectivity index (χ1) is 41.5. The van der Waals surface area contributed by atoms with Gasteiger partial charge in [-0.15, -0.1) is 24.0 Å². The number of hydrogen-bond acceptors (Lipinski definition) is 15. The van der Waals surface area contributed by atoms with E-state index in [1.165, 1.54) is 115 Å². The smallest absolute Gasteiger partial charge is 0.162 e. The summed E-state index contributed by atoms with van der Waals surface area (Å²) in [7, 11) is 5.58. The molecule has 0 unspecified atom stereocenters. The number of aliphatic hydroxyl groups excluding tert-OH is 2. The molecule has 1 aromatic rings. The fraction of sp³-hybridized carbons (Fsp3) is 0.908. The van der Waals surface area contributed by atoms with Crippen LogP contribution in [0.25, 0.3) is 0 Å². The third kappa shape index (κ3) is 14.9. The molecule has 9 N–H and O–H groups in total. The maximum absolute atomic E-state index is 11.6. The van der Waals surface area contributed by atoms with Gasteiger partial charge in [0, 0.05) is 51.4 Å². The molecule has 0 saturated heterocycles. The van der Waals surface area contributed by atoms with Gasteiger partial charge in [0.2, 0.25) is 0 Å². The highest BCUT2D eigenvalue weighted by molar-refractivity contribution is 5.85. The second-order valence-electron chi connectivity index (χ2n) is 32.8. The van der Waals surface area contributed by atoms with Crippen LogP contribution < -0.4 is 5.90 Å². The van der Waals surface area contributed by atoms with Crippen molar-refractivity contribution in [1.29, 1.82) is 0 Å². The Morgan fingerprint density at radius 1 is 0.554 bits per heavy atom. The molecule has 16 heteroatoms. The molecular formula is C76H136ClN3O12. The molecule has 1 aromatic heterocycles. The quantitative estimate of drug-likeness (QED) is 0.0357. The van der Waals surface area contributed by atoms with Crippen molar-refractivity contribution in [3.05, 3.63) is 17.5 Å². The summed E-state index contributed by atoms with van der Waals surface area (Å²) in [6.07, 6.45) is 38.8. The summed E-state index contributed by atoms with van der Waals surface area (Å²) in [5.41, 5.74) is 1.15. The number of carbonyl (C=O) groups is 1. The van der Waals surface area contributed by atoms with Crippen LogP contribution in [0.2, 0.25) is 0 Å². The first-order valence-electron chi connectivity index (χ1n) is 34.6. The Morgan fingerprint density at radius 3 is 1.26 bits per heavy atom. The van der Waals surface area contributed by atoms with Crippen molar-refractivity contribution >= 4 is 24.9 Å². The lowest BCUT2D eigenvalue weighted by atomic mass is 9.43. The van der Waals surface area contributed by atoms with E-state index < -0.39 is 16.8 Å². The molecule has 92 heavy (non-hydrogen) atoms. The third-order valence-electron chi connectivity index (χ3n) is 28.9. The van der Waals surface area contributed by atoms with E-state index in [1.807, 2.05) is 60.3 Å². The first-order valence-corrected chi connectivity index (χ1v) is 34.6. The SMILES string of the molecule is C.C.C.C.C#CCO.COC[C@]12CC[C@@](C)(O)C[C@@H]1CC[C@H]1[C@@H]3CC[C@H](/C=N/O)[C@@]3(C)CC[C@@H]12.COC[C@]12CC[C@@](C)(O)C[C@@H]1CC[C@H]1[C@@H]3CC[C@H](C=O)[C@@]3(C)CC[C@@H]12.COC[C@]12CC[C@@](C)(O)C[C@@H]1CC[C@H]1[C@@H]3CC[C@H](c4cc(CO)on4)[C@@]3(C)CC[C@@H]12.Cl.NO. The zero-order chi connectivity index (χ0) is 63.0. The molecule has 24 atom stereocenters. The van der Waals surface area contributed by atoms with Gasteiger partial charge in [0.15, 0.2) is 5.76 Å². The van der Waals surface area contributed by atoms with Gasteiger partial charge < -0.3 is 59.5 Å². The van der Waals surface area contributed by atoms with Crippen molar-refractivity contribution in [3.8, 4) is 12.3 Å². The zero-order valence-corrected chi connectivity index (χ0v) is 56.5. The molecule has 534 valence electrons. The van der Waals surface area contributed by atoms with Gasteiger partial charge in [-0.3, -0.25) is 0 Å². The van der Waals surface area contributed by atoms with E-state index in [2.05, 4.69) is 43.4 Å². The van der Waals surface area contributed by atoms with Crippen molar-refractivity contribution in [2.75, 3.05) is 47.8 Å². The van der Waals surface area contributed by atoms with Gasteiger partial charge in [0.25, 0.3) is 0 Å². The van der Waals surface area contributed by atoms with E-state index in [9.17, 15) is 25.2 Å². The van der Waals surface area contributed by atoms with Crippen molar-refractivity contribution in [2.45, 2.75) is 274 Å². The molecule has 12 fully saturated rings. The topological polar surface area (TPSA) is 251 Å². The number of oxime groups is 1. The van der Waals surface area contributed by atoms with E-state index in [0.717, 1.165) is 143 Å². The second-order valence-corrected chi connectivity index (χ2v) is 32.8. The molecule has 0 spiro atoms. The van der Waals surface area contributed by atoms with Crippen molar-refractivity contribution in [3.63, 3.8) is 0 Å². The molecule has 12 aliphatic rings. The molecule has 0 aromatic carbocycles. The summed E-state index contributed by atoms with van der Waals surface area (Å²) in [6.45, 7) is 15.8. The Morgan fingerprint density at radius 2 is 0.913 bits per heavy atom. The summed E-state index contributed by atoms with van der Waals surface area (Å²) < 4.78 is 22.8. The lowest BCUT2D eigenvalue weighted by molar-refractivity contribution is -0.174. The van der Waals surface area contributed by atoms with Crippen LogP contribution >= 0.6 is 12.4 Å². The number of aldehydes is 1. The Kier molecular flexibility index (Phi) is 29.2. The van der Waals surface area contributed by atoms with Crippen LogP contribution in [-0.2, 0) is 25.6 Å². The normalized spacial score (nSPS) is 46.2. The minimum atomic E-state index is -0.506. The maximum Gasteiger partial charge on any atom is 0.162 e. The third-order valence-corrected chi connectivity index (χ3v) is 28.9. The summed E-state index contributed by atoms with van der Waals surface area (Å²) >= 11 is 0. The Labute approximate surface area is 564 Å². The highest BCUT2D eigenvalue weighted by Crippen LogP contribution is 2.72. The predicted molar refractivity (Wildman–Crippen MR) is 370 cm³/mol. The number of nitrogens with zero attached hydrogens (tertiary/aromatic N) is 2. The molecule has 13 rings (SSSR count). The Balaban J connectivity index is 0.000000276. The number of halogens is 1. The lowest BCUT2D eigenvalue weighted by Crippen LogP contribution is -2.58. The predicted octanol–water partition coefficient (Wildman–Crippen LogP) is 15.3. The molecular weight excluding hydrogens is 1180 g/mol. The Bertz CT molecular complexity index is 2500. The van der Waals surface area contributed by atoms with Gasteiger partial charge in [-0.25, -0.2) is 5.90 Å². The number of rotatable bonds is 10. The minimum absolute atomic E-state index is 0. The van der Waals surface area contributed by atoms with E-state index >= 15 is 0 Å². The van der Waals surface area contributed by atoms with Crippen LogP contribution in [0.4, 0.5) is 0 Å². The van der Waals surface area contributed by atoms with Gasteiger partial charge in [-0.1, -0.05) is 61.6 Å². The number of ether oxygens (including phenoxy) is 3. The molecule has 12 aliphatic carbocycles. The minimum Gasteiger partial charge on any atom is -0.411 e. The average Bonchev–Trinajstić information content (AvgIpc) is 1.28. The number of aliphatic hydroxyl groups is 5. The van der Waals surface area contributed by atoms with E-state index in [0.29, 0.717) is 40.8 Å². The van der Waals surface area contributed by atoms with E-state index in [4.69, 9.17) is 34.3 Å². The average molecular weight is 1320 g/mol. The fourth-order valence-corrected chi connectivity index (χ4v) is 25.0. The Hall–Kier alpha value is -2.20. The number of carbonyl (C=O) groups excluding carboxylic acids is 1. The van der Waals surface area contributed by atoms with Crippen molar-refractivity contribution in [2.24, 2.45) is 126 Å². The van der Waals surface area contributed by atoms with Crippen LogP contribution in [-0.4, -0.2) is 118 Å². The van der Waals surface area contributed by atoms with E-state index in [1.54, 1.807) is 0 Å². The summed E-state index contributed by atoms with van der Waals surface area (Å²) in [4.78, 5) is 11.6. The highest BCUT2D eigenvalue weighted by Gasteiger charge is 2.66. The van der Waals surface area contributed by atoms with Crippen molar-refractivity contribution in [1.82, 2.24) is 5.16 Å². The monoisotopic (exact) mass is 1320 g/mol. The zero-order valence-electron chi connectivity index (χ0n) is 55.6. The highest BCUT2D eigenvalue weighted by atomic mass is 35.5. The summed E-state index contributed by atoms with van der Waals surface area (Å²) in [6, 6.07) is 1.98. The number of terminal acetylenes is 1. The van der Waals surface area contributed by atoms with Crippen LogP contribution in [0.1, 0.15) is 262 Å². The largest absolute Gasteiger partial charge is 0.411 e. The van der Waals surface area contributed by atoms with Crippen LogP contribution in [0.5, 0.6) is 0 Å². The molecule has 15 nitrogen and oxygen atoms in total. The maximum atomic E-state index is 11.6. The van der Waals surface area contributed by atoms with Crippen LogP contribution in [0.3, 0.4) is 0 Å². The first kappa shape index (κ1) is 82.2. The summed E-state index contributed by atoms with van der Waals surface area (Å²) in [5, 5.41) is 72.6. The van der Waals surface area contributed by atoms with Gasteiger partial charge in [0.05, 0.1) is 42.3 Å². The van der Waals surface area contributed by atoms with Crippen LogP contribution in [0.15, 0.2) is 15.7 Å². The lowest BCUT2D eigenvalue weighted by Gasteiger charge is -2.62. The second kappa shape index (κ2) is 32.6. The molecule has 0 bridgehead atoms. The van der Waals surface area contributed by atoms with Gasteiger partial charge >= 0.3 is 0 Å². The summed E-state index contributed by atoms with van der Waals surface area (Å²) in [5.74, 6) is 15.7. The van der Waals surface area contributed by atoms with Gasteiger partial charge in [-0.2, -0.15) is 0 Å². The van der Waals surface area contributed by atoms with Gasteiger partial charge in [-0.05, 0) is 298 Å². The number of aromatic nitrogens is 1. The van der Waals surface area contributed by atoms with Gasteiger partial charge in [0.1, 0.15) is 19.5 Å². The number of methoxy groups -OCH3 is 3. The fourth-order valence-electron chi connectivity index (χ4n) is 25.0. The number of hydrogen-bond donors (Lipinski definition) is 8. The molecule has 12 saturated carbocycles.